The van der Waals surface area contributed by atoms with Crippen LogP contribution < -0.4 is 9.47 Å². The van der Waals surface area contributed by atoms with E-state index in [-0.39, 0.29) is 29.9 Å². The molecule has 31 heavy (non-hydrogen) atoms. The van der Waals surface area contributed by atoms with Gasteiger partial charge in [0.15, 0.2) is 23.9 Å². The third kappa shape index (κ3) is 4.93. The number of H-pyrrole nitrogens is 1. The smallest absolute Gasteiger partial charge is 0.339 e. The molecular weight excluding hydrogens is 406 g/mol. The molecule has 2 heterocycles. The molecular formula is C22H23NO8. The van der Waals surface area contributed by atoms with E-state index in [1.807, 2.05) is 0 Å². The summed E-state index contributed by atoms with van der Waals surface area (Å²) in [5.74, 6) is -0.895. The summed E-state index contributed by atoms with van der Waals surface area (Å²) in [6.07, 6.45) is -0.240. The van der Waals surface area contributed by atoms with Crippen molar-refractivity contribution in [2.45, 2.75) is 26.7 Å². The Morgan fingerprint density at radius 3 is 2.42 bits per heavy atom. The Morgan fingerprint density at radius 2 is 1.71 bits per heavy atom. The number of methoxy groups -OCH3 is 1. The highest BCUT2D eigenvalue weighted by Gasteiger charge is 2.23. The van der Waals surface area contributed by atoms with Crippen LogP contribution in [0.4, 0.5) is 0 Å². The predicted molar refractivity (Wildman–Crippen MR) is 108 cm³/mol. The SMILES string of the molecule is COC(=O)c1c(C)[nH]c(C(=O)COC(=O)CCC(=O)c2ccc3c(c2)OCCO3)c1C. The van der Waals surface area contributed by atoms with Crippen LogP contribution in [0.5, 0.6) is 11.5 Å². The fourth-order valence-electron chi connectivity index (χ4n) is 3.30. The summed E-state index contributed by atoms with van der Waals surface area (Å²) in [6.45, 7) is 3.61. The lowest BCUT2D eigenvalue weighted by Crippen LogP contribution is -2.17. The van der Waals surface area contributed by atoms with Crippen LogP contribution in [-0.4, -0.2) is 55.4 Å². The van der Waals surface area contributed by atoms with E-state index in [0.717, 1.165) is 0 Å². The van der Waals surface area contributed by atoms with Gasteiger partial charge in [-0.1, -0.05) is 0 Å². The largest absolute Gasteiger partial charge is 0.486 e. The van der Waals surface area contributed by atoms with E-state index in [1.54, 1.807) is 32.0 Å². The van der Waals surface area contributed by atoms with Crippen LogP contribution in [0.1, 0.15) is 55.3 Å². The second-order valence-electron chi connectivity index (χ2n) is 6.98. The van der Waals surface area contributed by atoms with Crippen molar-refractivity contribution in [3.05, 3.63) is 46.3 Å². The Bertz CT molecular complexity index is 1040. The number of ketones is 2. The number of carbonyl (C=O) groups is 4. The summed E-state index contributed by atoms with van der Waals surface area (Å²) in [7, 11) is 1.25. The number of aromatic nitrogens is 1. The van der Waals surface area contributed by atoms with Crippen LogP contribution in [0.15, 0.2) is 18.2 Å². The van der Waals surface area contributed by atoms with Crippen molar-refractivity contribution in [3.63, 3.8) is 0 Å². The summed E-state index contributed by atoms with van der Waals surface area (Å²) < 4.78 is 20.6. The second-order valence-corrected chi connectivity index (χ2v) is 6.98. The highest BCUT2D eigenvalue weighted by molar-refractivity contribution is 6.02. The summed E-state index contributed by atoms with van der Waals surface area (Å²) in [6, 6.07) is 4.85. The Labute approximate surface area is 178 Å². The summed E-state index contributed by atoms with van der Waals surface area (Å²) in [4.78, 5) is 51.4. The molecule has 0 unspecified atom stereocenters. The Kier molecular flexibility index (Phi) is 6.74. The molecule has 9 nitrogen and oxygen atoms in total. The van der Waals surface area contributed by atoms with Crippen molar-refractivity contribution < 1.29 is 38.1 Å². The average molecular weight is 429 g/mol. The normalized spacial score (nSPS) is 12.2. The molecule has 1 aromatic carbocycles. The molecule has 1 N–H and O–H groups in total. The number of hydrogen-bond acceptors (Lipinski definition) is 8. The average Bonchev–Trinajstić information content (AvgIpc) is 3.08. The van der Waals surface area contributed by atoms with E-state index >= 15 is 0 Å². The van der Waals surface area contributed by atoms with Gasteiger partial charge in [-0.2, -0.15) is 0 Å². The quantitative estimate of drug-likeness (QED) is 0.502. The summed E-state index contributed by atoms with van der Waals surface area (Å²) >= 11 is 0. The molecule has 0 bridgehead atoms. The van der Waals surface area contributed by atoms with E-state index in [1.165, 1.54) is 7.11 Å². The minimum absolute atomic E-state index is 0.0696. The first kappa shape index (κ1) is 22.1. The van der Waals surface area contributed by atoms with Gasteiger partial charge in [0, 0.05) is 17.7 Å². The minimum Gasteiger partial charge on any atom is -0.486 e. The number of Topliss-reactive ketones (excluding diaryl/α,β-unsaturated/α-hetero) is 2. The maximum atomic E-state index is 12.4. The molecule has 9 heteroatoms. The van der Waals surface area contributed by atoms with Gasteiger partial charge in [-0.3, -0.25) is 14.4 Å². The molecule has 0 saturated heterocycles. The lowest BCUT2D eigenvalue weighted by atomic mass is 10.1. The molecule has 1 aliphatic heterocycles. The zero-order chi connectivity index (χ0) is 22.5. The predicted octanol–water partition coefficient (Wildman–Crippen LogP) is 2.58. The van der Waals surface area contributed by atoms with Crippen molar-refractivity contribution in [1.29, 1.82) is 0 Å². The first-order valence-corrected chi connectivity index (χ1v) is 9.71. The molecule has 0 atom stereocenters. The molecule has 3 rings (SSSR count). The molecule has 1 aromatic heterocycles. The molecule has 0 saturated carbocycles. The highest BCUT2D eigenvalue weighted by atomic mass is 16.6. The van der Waals surface area contributed by atoms with Crippen LogP contribution in [-0.2, 0) is 14.3 Å². The fraction of sp³-hybridized carbons (Fsp3) is 0.364. The van der Waals surface area contributed by atoms with Crippen LogP contribution >= 0.6 is 0 Å². The molecule has 2 aromatic rings. The van der Waals surface area contributed by atoms with Gasteiger partial charge in [0.1, 0.15) is 13.2 Å². The number of benzene rings is 1. The lowest BCUT2D eigenvalue weighted by molar-refractivity contribution is -0.142. The van der Waals surface area contributed by atoms with Gasteiger partial charge in [0.25, 0.3) is 0 Å². The van der Waals surface area contributed by atoms with Crippen molar-refractivity contribution in [2.24, 2.45) is 0 Å². The number of aromatic amines is 1. The van der Waals surface area contributed by atoms with Gasteiger partial charge < -0.3 is 23.9 Å². The van der Waals surface area contributed by atoms with Gasteiger partial charge in [-0.15, -0.1) is 0 Å². The lowest BCUT2D eigenvalue weighted by Gasteiger charge is -2.18. The molecule has 0 aliphatic carbocycles. The number of carbonyl (C=O) groups excluding carboxylic acids is 4. The number of nitrogens with one attached hydrogen (secondary N) is 1. The van der Waals surface area contributed by atoms with E-state index in [9.17, 15) is 19.2 Å². The topological polar surface area (TPSA) is 121 Å². The number of fused-ring (bicyclic) bond motifs is 1. The van der Waals surface area contributed by atoms with Crippen molar-refractivity contribution in [3.8, 4) is 11.5 Å². The summed E-state index contributed by atoms with van der Waals surface area (Å²) in [5.41, 5.74) is 1.78. The zero-order valence-corrected chi connectivity index (χ0v) is 17.5. The van der Waals surface area contributed by atoms with Crippen molar-refractivity contribution in [1.82, 2.24) is 4.98 Å². The van der Waals surface area contributed by atoms with Crippen LogP contribution in [0.2, 0.25) is 0 Å². The number of hydrogen-bond donors (Lipinski definition) is 1. The zero-order valence-electron chi connectivity index (χ0n) is 17.5. The fourth-order valence-corrected chi connectivity index (χ4v) is 3.30. The van der Waals surface area contributed by atoms with E-state index in [0.29, 0.717) is 41.5 Å². The highest BCUT2D eigenvalue weighted by Crippen LogP contribution is 2.31. The monoisotopic (exact) mass is 429 g/mol. The molecule has 164 valence electrons. The number of esters is 2. The van der Waals surface area contributed by atoms with Crippen molar-refractivity contribution in [2.75, 3.05) is 26.9 Å². The van der Waals surface area contributed by atoms with E-state index < -0.39 is 24.3 Å². The number of ether oxygens (including phenoxy) is 4. The standard InChI is InChI=1S/C22H23NO8/c1-12-20(22(27)28-3)13(2)23-21(12)16(25)11-31-19(26)7-5-15(24)14-4-6-17-18(10-14)30-9-8-29-17/h4,6,10,23H,5,7-9,11H2,1-3H3. The maximum absolute atomic E-state index is 12.4. The number of aryl methyl sites for hydroxylation is 1. The Balaban J connectivity index is 1.52. The Morgan fingerprint density at radius 1 is 1.00 bits per heavy atom. The van der Waals surface area contributed by atoms with Crippen LogP contribution in [0, 0.1) is 13.8 Å². The van der Waals surface area contributed by atoms with Gasteiger partial charge >= 0.3 is 11.9 Å². The molecule has 0 fully saturated rings. The van der Waals surface area contributed by atoms with Gasteiger partial charge in [-0.25, -0.2) is 4.79 Å². The maximum Gasteiger partial charge on any atom is 0.339 e. The van der Waals surface area contributed by atoms with E-state index in [2.05, 4.69) is 4.98 Å². The third-order valence-corrected chi connectivity index (χ3v) is 4.89. The van der Waals surface area contributed by atoms with Crippen LogP contribution in [0.3, 0.4) is 0 Å². The summed E-state index contributed by atoms with van der Waals surface area (Å²) in [5, 5.41) is 0. The Hall–Kier alpha value is -3.62. The van der Waals surface area contributed by atoms with Gasteiger partial charge in [0.05, 0.1) is 24.8 Å². The van der Waals surface area contributed by atoms with Gasteiger partial charge in [-0.05, 0) is 37.6 Å². The molecule has 0 spiro atoms. The van der Waals surface area contributed by atoms with Gasteiger partial charge in [0.2, 0.25) is 5.78 Å². The minimum atomic E-state index is -0.673. The van der Waals surface area contributed by atoms with Crippen molar-refractivity contribution >= 4 is 23.5 Å². The van der Waals surface area contributed by atoms with Crippen LogP contribution in [0.25, 0.3) is 0 Å². The number of rotatable bonds is 8. The molecule has 1 aliphatic rings. The molecule has 0 amide bonds. The first-order valence-electron chi connectivity index (χ1n) is 9.71. The second kappa shape index (κ2) is 9.46. The third-order valence-electron chi connectivity index (χ3n) is 4.89. The first-order chi connectivity index (χ1) is 14.8. The molecule has 0 radical (unpaired) electrons. The van der Waals surface area contributed by atoms with E-state index in [4.69, 9.17) is 18.9 Å².